The van der Waals surface area contributed by atoms with Gasteiger partial charge >= 0.3 is 26.4 Å². The van der Waals surface area contributed by atoms with Crippen LogP contribution in [0.4, 0.5) is 0 Å². The predicted octanol–water partition coefficient (Wildman–Crippen LogP) is -1.81. The standard InChI is InChI=1S/AsHO3/c2-1(3)4/h(H,2,3,4)/p-1. The van der Waals surface area contributed by atoms with Crippen molar-refractivity contribution < 1.29 is 11.6 Å². The summed E-state index contributed by atoms with van der Waals surface area (Å²) in [4.78, 5) is 0. The van der Waals surface area contributed by atoms with Gasteiger partial charge in [-0.1, -0.05) is 0 Å². The average Bonchev–Trinajstić information content (AvgIpc) is 0.811. The maximum atomic E-state index is 8.56. The Hall–Kier alpha value is 0.118. The topological polar surface area (TPSA) is 57.2 Å². The summed E-state index contributed by atoms with van der Waals surface area (Å²) in [6.07, 6.45) is 0. The molecule has 0 unspecified atom stereocenters. The van der Waals surface area contributed by atoms with Crippen molar-refractivity contribution in [3.8, 4) is 0 Å². The van der Waals surface area contributed by atoms with Crippen LogP contribution >= 0.6 is 0 Å². The van der Waals surface area contributed by atoms with Crippen LogP contribution in [0.5, 0.6) is 0 Å². The summed E-state index contributed by atoms with van der Waals surface area (Å²) in [5, 5.41) is 0. The van der Waals surface area contributed by atoms with Gasteiger partial charge in [0.05, 0.1) is 0 Å². The molecule has 0 N–H and O–H groups in total. The van der Waals surface area contributed by atoms with Crippen molar-refractivity contribution in [1.29, 1.82) is 0 Å². The Bertz CT molecular complexity index is 51.7. The van der Waals surface area contributed by atoms with Crippen molar-refractivity contribution in [1.82, 2.24) is 0 Å². The van der Waals surface area contributed by atoms with Crippen LogP contribution in [0.25, 0.3) is 0 Å². The summed E-state index contributed by atoms with van der Waals surface area (Å²) >= 11 is -3.94. The second kappa shape index (κ2) is 1.44. The molecule has 0 atom stereocenters. The summed E-state index contributed by atoms with van der Waals surface area (Å²) in [5.74, 6) is 0. The fourth-order valence-corrected chi connectivity index (χ4v) is 0. The molecule has 0 aliphatic heterocycles. The number of rotatable bonds is 0. The number of hydrogen-bond donors (Lipinski definition) is 0. The zero-order valence-electron chi connectivity index (χ0n) is 1.67. The first-order chi connectivity index (χ1) is 1.73. The summed E-state index contributed by atoms with van der Waals surface area (Å²) in [7, 11) is 0. The molecule has 0 amide bonds. The third-order valence-electron chi connectivity index (χ3n) is 0. The quantitative estimate of drug-likeness (QED) is 0.357. The maximum absolute atomic E-state index is 8.56. The van der Waals surface area contributed by atoms with E-state index in [0.29, 0.717) is 0 Å². The Morgan fingerprint density at radius 1 is 1.50 bits per heavy atom. The molecule has 0 saturated carbocycles. The Morgan fingerprint density at radius 3 is 1.50 bits per heavy atom. The molecular formula is AsO3-. The van der Waals surface area contributed by atoms with E-state index in [4.69, 9.17) is 11.6 Å². The summed E-state index contributed by atoms with van der Waals surface area (Å²) in [5.41, 5.74) is 0. The van der Waals surface area contributed by atoms with Gasteiger partial charge in [-0.25, -0.2) is 0 Å². The molecule has 0 bridgehead atoms. The molecule has 4 heavy (non-hydrogen) atoms. The van der Waals surface area contributed by atoms with Gasteiger partial charge in [0.25, 0.3) is 0 Å². The van der Waals surface area contributed by atoms with Gasteiger partial charge in [-0.05, 0) is 0 Å². The van der Waals surface area contributed by atoms with E-state index < -0.39 is 14.9 Å². The van der Waals surface area contributed by atoms with Crippen LogP contribution in [0, 0.1) is 0 Å². The molecule has 0 radical (unpaired) electrons. The van der Waals surface area contributed by atoms with E-state index in [1.807, 2.05) is 0 Å². The Balaban J connectivity index is 3.51. The van der Waals surface area contributed by atoms with E-state index in [0.717, 1.165) is 0 Å². The normalized spacial score (nSPS) is 6.25. The van der Waals surface area contributed by atoms with Crippen LogP contribution in [-0.2, 0) is 7.48 Å². The second-order valence-electron chi connectivity index (χ2n) is 0.224. The molecule has 3 nitrogen and oxygen atoms in total. The zero-order valence-corrected chi connectivity index (χ0v) is 3.55. The first-order valence-electron chi connectivity index (χ1n) is 0.548. The molecule has 4 heteroatoms. The fraction of sp³-hybridized carbons (Fsp3) is 0. The molecule has 0 aromatic rings. The van der Waals surface area contributed by atoms with Crippen molar-refractivity contribution >= 4 is 14.9 Å². The fourth-order valence-electron chi connectivity index (χ4n) is 0. The molecule has 0 saturated heterocycles. The van der Waals surface area contributed by atoms with Crippen LogP contribution < -0.4 is 4.10 Å². The van der Waals surface area contributed by atoms with Crippen LogP contribution in [0.2, 0.25) is 0 Å². The van der Waals surface area contributed by atoms with E-state index in [1.165, 1.54) is 0 Å². The molecule has 0 heterocycles. The molecule has 0 aliphatic rings. The molecule has 0 rings (SSSR count). The third-order valence-corrected chi connectivity index (χ3v) is 0. The average molecular weight is 123 g/mol. The van der Waals surface area contributed by atoms with Crippen molar-refractivity contribution in [2.24, 2.45) is 0 Å². The van der Waals surface area contributed by atoms with E-state index in [-0.39, 0.29) is 0 Å². The van der Waals surface area contributed by atoms with Crippen molar-refractivity contribution in [3.63, 3.8) is 0 Å². The third kappa shape index (κ3) is 189. The molecule has 24 valence electrons. The van der Waals surface area contributed by atoms with E-state index in [9.17, 15) is 0 Å². The summed E-state index contributed by atoms with van der Waals surface area (Å²) in [6.45, 7) is 0. The predicted molar refractivity (Wildman–Crippen MR) is 7.13 cm³/mol. The SMILES string of the molecule is O=[As](=O)[O-]. The molecule has 0 aromatic carbocycles. The molecule has 0 aromatic heterocycles. The van der Waals surface area contributed by atoms with E-state index >= 15 is 0 Å². The summed E-state index contributed by atoms with van der Waals surface area (Å²) in [6, 6.07) is 0. The number of hydrogen-bond acceptors (Lipinski definition) is 3. The van der Waals surface area contributed by atoms with Gasteiger partial charge in [-0.15, -0.1) is 0 Å². The minimum atomic E-state index is -3.94. The van der Waals surface area contributed by atoms with E-state index in [1.54, 1.807) is 0 Å². The van der Waals surface area contributed by atoms with Gasteiger partial charge < -0.3 is 0 Å². The van der Waals surface area contributed by atoms with Crippen molar-refractivity contribution in [3.05, 3.63) is 0 Å². The van der Waals surface area contributed by atoms with Crippen LogP contribution in [-0.4, -0.2) is 14.9 Å². The van der Waals surface area contributed by atoms with Gasteiger partial charge in [0, 0.05) is 0 Å². The second-order valence-corrected chi connectivity index (χ2v) is 1.16. The first-order valence-corrected chi connectivity index (χ1v) is 2.85. The van der Waals surface area contributed by atoms with Crippen LogP contribution in [0.1, 0.15) is 0 Å². The molecule has 0 aliphatic carbocycles. The molecule has 0 spiro atoms. The van der Waals surface area contributed by atoms with Crippen molar-refractivity contribution in [2.75, 3.05) is 0 Å². The first kappa shape index (κ1) is 4.12. The van der Waals surface area contributed by atoms with Gasteiger partial charge in [0.1, 0.15) is 0 Å². The molecular weight excluding hydrogens is 123 g/mol. The van der Waals surface area contributed by atoms with Crippen molar-refractivity contribution in [2.45, 2.75) is 0 Å². The van der Waals surface area contributed by atoms with Gasteiger partial charge in [-0.3, -0.25) is 0 Å². The van der Waals surface area contributed by atoms with Crippen LogP contribution in [0.15, 0.2) is 0 Å². The Labute approximate surface area is 27.3 Å². The monoisotopic (exact) mass is 123 g/mol. The van der Waals surface area contributed by atoms with Crippen LogP contribution in [0.3, 0.4) is 0 Å². The van der Waals surface area contributed by atoms with Gasteiger partial charge in [0.2, 0.25) is 0 Å². The minimum absolute atomic E-state index is 3.94. The summed E-state index contributed by atoms with van der Waals surface area (Å²) < 4.78 is 25.7. The Kier molecular flexibility index (Phi) is 1.48. The van der Waals surface area contributed by atoms with Gasteiger partial charge in [0.15, 0.2) is 0 Å². The van der Waals surface area contributed by atoms with E-state index in [2.05, 4.69) is 0 Å². The molecule has 0 fully saturated rings. The Morgan fingerprint density at radius 2 is 1.50 bits per heavy atom. The van der Waals surface area contributed by atoms with Gasteiger partial charge in [-0.2, -0.15) is 0 Å². The zero-order chi connectivity index (χ0) is 3.58.